The number of ether oxygens (including phenoxy) is 1. The smallest absolute Gasteiger partial charge is 0.243 e. The van der Waals surface area contributed by atoms with E-state index in [2.05, 4.69) is 5.32 Å². The Morgan fingerprint density at radius 3 is 2.90 bits per heavy atom. The number of nitrogens with zero attached hydrogens (tertiary/aromatic N) is 1. The van der Waals surface area contributed by atoms with Gasteiger partial charge in [0.1, 0.15) is 5.75 Å². The highest BCUT2D eigenvalue weighted by Gasteiger charge is 2.30. The maximum Gasteiger partial charge on any atom is 0.243 e. The number of imide groups is 1. The number of rotatable bonds is 4. The average molecular weight is 277 g/mol. The molecule has 0 saturated carbocycles. The monoisotopic (exact) mass is 277 g/mol. The van der Waals surface area contributed by atoms with Gasteiger partial charge in [-0.1, -0.05) is 0 Å². The number of amides is 2. The van der Waals surface area contributed by atoms with Crippen molar-refractivity contribution in [3.63, 3.8) is 0 Å². The van der Waals surface area contributed by atoms with Crippen molar-refractivity contribution in [1.29, 1.82) is 0 Å². The molecule has 20 heavy (non-hydrogen) atoms. The van der Waals surface area contributed by atoms with E-state index < -0.39 is 0 Å². The van der Waals surface area contributed by atoms with Crippen LogP contribution >= 0.6 is 0 Å². The SMILES string of the molecule is CCOc1ccc(N)cc1CN1CC(=O)NC(=O)C1C. The summed E-state index contributed by atoms with van der Waals surface area (Å²) in [6, 6.07) is 5.04. The van der Waals surface area contributed by atoms with Crippen LogP contribution in [0.4, 0.5) is 5.69 Å². The van der Waals surface area contributed by atoms with Crippen molar-refractivity contribution < 1.29 is 14.3 Å². The first-order chi connectivity index (χ1) is 9.51. The molecule has 1 heterocycles. The fourth-order valence-corrected chi connectivity index (χ4v) is 2.20. The van der Waals surface area contributed by atoms with Crippen molar-refractivity contribution in [2.24, 2.45) is 0 Å². The summed E-state index contributed by atoms with van der Waals surface area (Å²) in [5.74, 6) is 0.172. The van der Waals surface area contributed by atoms with Gasteiger partial charge in [0.05, 0.1) is 19.2 Å². The molecule has 2 amide bonds. The van der Waals surface area contributed by atoms with E-state index >= 15 is 0 Å². The molecule has 0 aromatic heterocycles. The maximum absolute atomic E-state index is 11.7. The van der Waals surface area contributed by atoms with Crippen LogP contribution in [0.2, 0.25) is 0 Å². The van der Waals surface area contributed by atoms with Crippen LogP contribution in [0.25, 0.3) is 0 Å². The van der Waals surface area contributed by atoms with E-state index in [9.17, 15) is 9.59 Å². The van der Waals surface area contributed by atoms with Gasteiger partial charge >= 0.3 is 0 Å². The number of hydrogen-bond donors (Lipinski definition) is 2. The van der Waals surface area contributed by atoms with Gasteiger partial charge in [-0.2, -0.15) is 0 Å². The van der Waals surface area contributed by atoms with Gasteiger partial charge in [-0.15, -0.1) is 0 Å². The number of piperazine rings is 1. The van der Waals surface area contributed by atoms with Crippen molar-refractivity contribution in [1.82, 2.24) is 10.2 Å². The van der Waals surface area contributed by atoms with Gasteiger partial charge in [-0.05, 0) is 32.0 Å². The van der Waals surface area contributed by atoms with Crippen LogP contribution in [0.1, 0.15) is 19.4 Å². The molecule has 1 saturated heterocycles. The fourth-order valence-electron chi connectivity index (χ4n) is 2.20. The number of hydrogen-bond acceptors (Lipinski definition) is 5. The van der Waals surface area contributed by atoms with Crippen LogP contribution < -0.4 is 15.8 Å². The Hall–Kier alpha value is -2.08. The van der Waals surface area contributed by atoms with Crippen molar-refractivity contribution in [2.45, 2.75) is 26.4 Å². The normalized spacial score (nSPS) is 19.8. The number of nitrogen functional groups attached to an aromatic ring is 1. The molecule has 1 fully saturated rings. The zero-order valence-electron chi connectivity index (χ0n) is 11.7. The predicted molar refractivity (Wildman–Crippen MR) is 75.0 cm³/mol. The van der Waals surface area contributed by atoms with Crippen molar-refractivity contribution >= 4 is 17.5 Å². The Morgan fingerprint density at radius 1 is 1.45 bits per heavy atom. The highest BCUT2D eigenvalue weighted by atomic mass is 16.5. The predicted octanol–water partition coefficient (Wildman–Crippen LogP) is 0.514. The second kappa shape index (κ2) is 5.92. The largest absolute Gasteiger partial charge is 0.494 e. The van der Waals surface area contributed by atoms with E-state index in [-0.39, 0.29) is 24.4 Å². The topological polar surface area (TPSA) is 84.7 Å². The fraction of sp³-hybridized carbons (Fsp3) is 0.429. The molecule has 1 aromatic carbocycles. The molecule has 1 aliphatic rings. The summed E-state index contributed by atoms with van der Waals surface area (Å²) in [4.78, 5) is 24.9. The van der Waals surface area contributed by atoms with Crippen LogP contribution in [0.3, 0.4) is 0 Å². The standard InChI is InChI=1S/C14H19N3O3/c1-3-20-12-5-4-11(15)6-10(12)7-17-8-13(18)16-14(19)9(17)2/h4-6,9H,3,7-8,15H2,1-2H3,(H,16,18,19). The first kappa shape index (κ1) is 14.3. The van der Waals surface area contributed by atoms with E-state index in [0.29, 0.717) is 18.8 Å². The lowest BCUT2D eigenvalue weighted by Crippen LogP contribution is -2.56. The molecule has 0 bridgehead atoms. The maximum atomic E-state index is 11.7. The Morgan fingerprint density at radius 2 is 2.20 bits per heavy atom. The third kappa shape index (κ3) is 3.08. The summed E-state index contributed by atoms with van der Waals surface area (Å²) in [6.45, 7) is 4.86. The molecule has 1 aliphatic heterocycles. The number of nitrogens with one attached hydrogen (secondary N) is 1. The molecular formula is C14H19N3O3. The minimum absolute atomic E-state index is 0.188. The molecule has 6 nitrogen and oxygen atoms in total. The Labute approximate surface area is 117 Å². The molecule has 3 N–H and O–H groups in total. The van der Waals surface area contributed by atoms with Crippen LogP contribution in [-0.2, 0) is 16.1 Å². The summed E-state index contributed by atoms with van der Waals surface area (Å²) in [5, 5.41) is 2.32. The molecule has 6 heteroatoms. The molecule has 1 aromatic rings. The molecule has 1 unspecified atom stereocenters. The zero-order chi connectivity index (χ0) is 14.7. The van der Waals surface area contributed by atoms with Crippen molar-refractivity contribution in [2.75, 3.05) is 18.9 Å². The third-order valence-corrected chi connectivity index (χ3v) is 3.29. The van der Waals surface area contributed by atoms with Gasteiger partial charge < -0.3 is 10.5 Å². The number of nitrogens with two attached hydrogens (primary N) is 1. The minimum atomic E-state index is -0.358. The second-order valence-corrected chi connectivity index (χ2v) is 4.79. The first-order valence-corrected chi connectivity index (χ1v) is 6.60. The van der Waals surface area contributed by atoms with E-state index in [4.69, 9.17) is 10.5 Å². The molecule has 0 aliphatic carbocycles. The summed E-state index contributed by atoms with van der Waals surface area (Å²) in [7, 11) is 0. The minimum Gasteiger partial charge on any atom is -0.494 e. The molecule has 2 rings (SSSR count). The number of benzene rings is 1. The molecule has 0 radical (unpaired) electrons. The van der Waals surface area contributed by atoms with Gasteiger partial charge in [0, 0.05) is 17.8 Å². The number of carbonyl (C=O) groups is 2. The second-order valence-electron chi connectivity index (χ2n) is 4.79. The van der Waals surface area contributed by atoms with E-state index in [1.807, 2.05) is 19.1 Å². The first-order valence-electron chi connectivity index (χ1n) is 6.60. The van der Waals surface area contributed by atoms with Gasteiger partial charge in [-0.3, -0.25) is 19.8 Å². The summed E-state index contributed by atoms with van der Waals surface area (Å²) < 4.78 is 5.55. The van der Waals surface area contributed by atoms with Crippen LogP contribution in [0.15, 0.2) is 18.2 Å². The zero-order valence-corrected chi connectivity index (χ0v) is 11.7. The van der Waals surface area contributed by atoms with Crippen LogP contribution in [-0.4, -0.2) is 35.9 Å². The van der Waals surface area contributed by atoms with Gasteiger partial charge in [0.2, 0.25) is 11.8 Å². The van der Waals surface area contributed by atoms with E-state index in [1.54, 1.807) is 17.9 Å². The van der Waals surface area contributed by atoms with E-state index in [0.717, 1.165) is 11.3 Å². The van der Waals surface area contributed by atoms with Crippen molar-refractivity contribution in [3.8, 4) is 5.75 Å². The third-order valence-electron chi connectivity index (χ3n) is 3.29. The van der Waals surface area contributed by atoms with Gasteiger partial charge in [0.25, 0.3) is 0 Å². The molecular weight excluding hydrogens is 258 g/mol. The quantitative estimate of drug-likeness (QED) is 0.619. The van der Waals surface area contributed by atoms with Gasteiger partial charge in [0.15, 0.2) is 0 Å². The lowest BCUT2D eigenvalue weighted by atomic mass is 10.1. The Balaban J connectivity index is 2.21. The summed E-state index contributed by atoms with van der Waals surface area (Å²) in [6.07, 6.45) is 0. The Kier molecular flexibility index (Phi) is 4.24. The van der Waals surface area contributed by atoms with E-state index in [1.165, 1.54) is 0 Å². The molecule has 1 atom stereocenters. The highest BCUT2D eigenvalue weighted by Crippen LogP contribution is 2.24. The summed E-state index contributed by atoms with van der Waals surface area (Å²) in [5.41, 5.74) is 7.30. The van der Waals surface area contributed by atoms with Crippen LogP contribution in [0.5, 0.6) is 5.75 Å². The molecule has 108 valence electrons. The highest BCUT2D eigenvalue weighted by molar-refractivity contribution is 6.00. The number of carbonyl (C=O) groups excluding carboxylic acids is 2. The van der Waals surface area contributed by atoms with Gasteiger partial charge in [-0.25, -0.2) is 0 Å². The molecule has 0 spiro atoms. The number of anilines is 1. The average Bonchev–Trinajstić information content (AvgIpc) is 2.38. The Bertz CT molecular complexity index is 530. The summed E-state index contributed by atoms with van der Waals surface area (Å²) >= 11 is 0. The lowest BCUT2D eigenvalue weighted by Gasteiger charge is -2.32. The van der Waals surface area contributed by atoms with Crippen LogP contribution in [0, 0.1) is 0 Å². The van der Waals surface area contributed by atoms with Crippen molar-refractivity contribution in [3.05, 3.63) is 23.8 Å². The lowest BCUT2D eigenvalue weighted by molar-refractivity contribution is -0.139.